The summed E-state index contributed by atoms with van der Waals surface area (Å²) < 4.78 is 48.5. The van der Waals surface area contributed by atoms with Crippen LogP contribution in [0.25, 0.3) is 21.9 Å². The molecule has 35 heavy (non-hydrogen) atoms. The van der Waals surface area contributed by atoms with E-state index in [1.54, 1.807) is 35.0 Å². The van der Waals surface area contributed by atoms with E-state index in [-0.39, 0.29) is 12.1 Å². The normalized spacial score (nSPS) is 18.9. The highest BCUT2D eigenvalue weighted by Crippen LogP contribution is 2.35. The number of carbonyl (C=O) groups excluding carboxylic acids is 1. The fourth-order valence-electron chi connectivity index (χ4n) is 5.00. The zero-order valence-corrected chi connectivity index (χ0v) is 20.0. The third-order valence-electron chi connectivity index (χ3n) is 6.97. The first-order valence-electron chi connectivity index (χ1n) is 11.8. The number of halogens is 4. The summed E-state index contributed by atoms with van der Waals surface area (Å²) in [4.78, 5) is 13.2. The Morgan fingerprint density at radius 3 is 2.60 bits per heavy atom. The SMILES string of the molecule is CC1CCC(CNC(=O)c2cc(C(F)(F)F)cc3ccn(Cc4cc5cc(Cl)ccc5o4)c23)CC1. The maximum atomic E-state index is 13.6. The van der Waals surface area contributed by atoms with Crippen molar-refractivity contribution in [2.75, 3.05) is 6.54 Å². The molecule has 4 aromatic rings. The molecule has 1 saturated carbocycles. The molecule has 0 unspecified atom stereocenters. The monoisotopic (exact) mass is 502 g/mol. The molecule has 0 aliphatic heterocycles. The van der Waals surface area contributed by atoms with Gasteiger partial charge in [-0.3, -0.25) is 4.79 Å². The number of benzene rings is 2. The fraction of sp³-hybridized carbons (Fsp3) is 0.370. The van der Waals surface area contributed by atoms with Gasteiger partial charge < -0.3 is 14.3 Å². The Kier molecular flexibility index (Phi) is 6.30. The largest absolute Gasteiger partial charge is 0.459 e. The van der Waals surface area contributed by atoms with Crippen molar-refractivity contribution in [2.45, 2.75) is 45.3 Å². The maximum Gasteiger partial charge on any atom is 0.416 e. The van der Waals surface area contributed by atoms with Crippen LogP contribution in [-0.4, -0.2) is 17.0 Å². The molecule has 8 heteroatoms. The van der Waals surface area contributed by atoms with Crippen molar-refractivity contribution in [3.63, 3.8) is 0 Å². The van der Waals surface area contributed by atoms with Gasteiger partial charge in [0.2, 0.25) is 0 Å². The summed E-state index contributed by atoms with van der Waals surface area (Å²) in [7, 11) is 0. The van der Waals surface area contributed by atoms with Gasteiger partial charge in [-0.1, -0.05) is 31.4 Å². The lowest BCUT2D eigenvalue weighted by molar-refractivity contribution is -0.137. The van der Waals surface area contributed by atoms with Crippen LogP contribution in [-0.2, 0) is 12.7 Å². The molecule has 0 spiro atoms. The summed E-state index contributed by atoms with van der Waals surface area (Å²) >= 11 is 6.07. The minimum Gasteiger partial charge on any atom is -0.459 e. The van der Waals surface area contributed by atoms with E-state index in [0.29, 0.717) is 45.6 Å². The molecule has 0 bridgehead atoms. The number of carbonyl (C=O) groups is 1. The smallest absolute Gasteiger partial charge is 0.416 e. The molecule has 1 aliphatic rings. The van der Waals surface area contributed by atoms with Gasteiger partial charge in [0, 0.05) is 28.5 Å². The van der Waals surface area contributed by atoms with Gasteiger partial charge in [-0.25, -0.2) is 0 Å². The second-order valence-corrected chi connectivity index (χ2v) is 10.1. The number of alkyl halides is 3. The maximum absolute atomic E-state index is 13.6. The fourth-order valence-corrected chi connectivity index (χ4v) is 5.18. The van der Waals surface area contributed by atoms with Crippen LogP contribution in [0.15, 0.2) is 53.1 Å². The van der Waals surface area contributed by atoms with Crippen LogP contribution < -0.4 is 5.32 Å². The van der Waals surface area contributed by atoms with E-state index in [2.05, 4.69) is 12.2 Å². The van der Waals surface area contributed by atoms with Crippen LogP contribution in [0.4, 0.5) is 13.2 Å². The zero-order chi connectivity index (χ0) is 24.7. The van der Waals surface area contributed by atoms with Crippen LogP contribution in [0.5, 0.6) is 0 Å². The molecule has 0 atom stereocenters. The Balaban J connectivity index is 1.47. The first-order chi connectivity index (χ1) is 16.7. The highest BCUT2D eigenvalue weighted by atomic mass is 35.5. The Morgan fingerprint density at radius 2 is 1.86 bits per heavy atom. The Hall–Kier alpha value is -2.93. The molecule has 1 amide bonds. The summed E-state index contributed by atoms with van der Waals surface area (Å²) in [5.41, 5.74) is 0.298. The topological polar surface area (TPSA) is 47.2 Å². The average Bonchev–Trinajstić information content (AvgIpc) is 3.40. The number of amides is 1. The van der Waals surface area contributed by atoms with Gasteiger partial charge in [-0.05, 0) is 67.1 Å². The number of hydrogen-bond donors (Lipinski definition) is 1. The predicted molar refractivity (Wildman–Crippen MR) is 131 cm³/mol. The van der Waals surface area contributed by atoms with E-state index in [9.17, 15) is 18.0 Å². The van der Waals surface area contributed by atoms with Crippen molar-refractivity contribution in [2.24, 2.45) is 11.8 Å². The van der Waals surface area contributed by atoms with Crippen LogP contribution in [0.3, 0.4) is 0 Å². The molecule has 1 N–H and O–H groups in total. The molecule has 2 aromatic heterocycles. The third-order valence-corrected chi connectivity index (χ3v) is 7.21. The predicted octanol–water partition coefficient (Wildman–Crippen LogP) is 7.66. The van der Waals surface area contributed by atoms with Crippen molar-refractivity contribution in [1.82, 2.24) is 9.88 Å². The van der Waals surface area contributed by atoms with E-state index in [0.717, 1.165) is 43.2 Å². The molecule has 0 saturated heterocycles. The second-order valence-electron chi connectivity index (χ2n) is 9.63. The van der Waals surface area contributed by atoms with E-state index >= 15 is 0 Å². The summed E-state index contributed by atoms with van der Waals surface area (Å²) in [5.74, 6) is 1.16. The van der Waals surface area contributed by atoms with Gasteiger partial charge in [-0.2, -0.15) is 13.2 Å². The first-order valence-corrected chi connectivity index (χ1v) is 12.2. The Bertz CT molecular complexity index is 1380. The molecule has 1 fully saturated rings. The van der Waals surface area contributed by atoms with Crippen LogP contribution in [0.2, 0.25) is 5.02 Å². The molecular formula is C27H26ClF3N2O2. The van der Waals surface area contributed by atoms with Gasteiger partial charge in [0.25, 0.3) is 5.91 Å². The van der Waals surface area contributed by atoms with Crippen molar-refractivity contribution in [1.29, 1.82) is 0 Å². The standard InChI is InChI=1S/C27H26ClF3N2O2/c1-16-2-4-17(5-3-16)14-32-26(34)23-13-20(27(29,30)31)10-18-8-9-33(25(18)23)15-22-12-19-11-21(28)6-7-24(19)35-22/h6-13,16-17H,2-5,14-15H2,1H3,(H,32,34). The molecule has 2 heterocycles. The van der Waals surface area contributed by atoms with Gasteiger partial charge in [0.05, 0.1) is 23.2 Å². The Labute approximate surface area is 206 Å². The quantitative estimate of drug-likeness (QED) is 0.304. The summed E-state index contributed by atoms with van der Waals surface area (Å²) in [6, 6.07) is 10.8. The molecule has 0 radical (unpaired) electrons. The molecule has 5 rings (SSSR count). The highest BCUT2D eigenvalue weighted by molar-refractivity contribution is 6.31. The number of nitrogens with one attached hydrogen (secondary N) is 1. The first kappa shape index (κ1) is 23.8. The van der Waals surface area contributed by atoms with E-state index in [1.165, 1.54) is 0 Å². The van der Waals surface area contributed by atoms with Crippen molar-refractivity contribution >= 4 is 39.4 Å². The lowest BCUT2D eigenvalue weighted by atomic mass is 9.83. The Morgan fingerprint density at radius 1 is 1.09 bits per heavy atom. The lowest BCUT2D eigenvalue weighted by Gasteiger charge is -2.26. The van der Waals surface area contributed by atoms with E-state index < -0.39 is 17.6 Å². The van der Waals surface area contributed by atoms with E-state index in [4.69, 9.17) is 16.0 Å². The second kappa shape index (κ2) is 9.26. The van der Waals surface area contributed by atoms with Crippen LogP contribution >= 0.6 is 11.6 Å². The van der Waals surface area contributed by atoms with Crippen molar-refractivity contribution in [3.8, 4) is 0 Å². The summed E-state index contributed by atoms with van der Waals surface area (Å²) in [6.07, 6.45) is 1.39. The summed E-state index contributed by atoms with van der Waals surface area (Å²) in [6.45, 7) is 2.95. The minimum absolute atomic E-state index is 0.0168. The zero-order valence-electron chi connectivity index (χ0n) is 19.3. The van der Waals surface area contributed by atoms with Gasteiger partial charge in [0.15, 0.2) is 0 Å². The number of nitrogens with zero attached hydrogens (tertiary/aromatic N) is 1. The third kappa shape index (κ3) is 5.06. The van der Waals surface area contributed by atoms with Crippen molar-refractivity contribution in [3.05, 3.63) is 70.6 Å². The molecule has 2 aromatic carbocycles. The number of hydrogen-bond acceptors (Lipinski definition) is 2. The summed E-state index contributed by atoms with van der Waals surface area (Å²) in [5, 5.41) is 4.68. The van der Waals surface area contributed by atoms with Gasteiger partial charge in [0.1, 0.15) is 11.3 Å². The number of fused-ring (bicyclic) bond motifs is 2. The molecule has 1 aliphatic carbocycles. The number of furan rings is 1. The number of aromatic nitrogens is 1. The van der Waals surface area contributed by atoms with Crippen LogP contribution in [0, 0.1) is 11.8 Å². The molecule has 4 nitrogen and oxygen atoms in total. The van der Waals surface area contributed by atoms with Crippen molar-refractivity contribution < 1.29 is 22.4 Å². The molecule has 184 valence electrons. The van der Waals surface area contributed by atoms with Gasteiger partial charge in [-0.15, -0.1) is 0 Å². The van der Waals surface area contributed by atoms with Gasteiger partial charge >= 0.3 is 6.18 Å². The van der Waals surface area contributed by atoms with Crippen LogP contribution in [0.1, 0.15) is 54.3 Å². The lowest BCUT2D eigenvalue weighted by Crippen LogP contribution is -2.31. The van der Waals surface area contributed by atoms with E-state index in [1.807, 2.05) is 6.07 Å². The number of rotatable bonds is 5. The average molecular weight is 503 g/mol. The molecular weight excluding hydrogens is 477 g/mol. The highest BCUT2D eigenvalue weighted by Gasteiger charge is 2.33. The minimum atomic E-state index is -4.55.